The lowest BCUT2D eigenvalue weighted by atomic mass is 10.0. The largest absolute Gasteiger partial charge is 0.313 e. The van der Waals surface area contributed by atoms with E-state index < -0.39 is 0 Å². The monoisotopic (exact) mass is 214 g/mol. The molecule has 0 saturated carbocycles. The Morgan fingerprint density at radius 1 is 1.00 bits per heavy atom. The summed E-state index contributed by atoms with van der Waals surface area (Å²) in [6, 6.07) is 0.633. The lowest BCUT2D eigenvalue weighted by Crippen LogP contribution is -2.45. The number of rotatable bonds is 8. The van der Waals surface area contributed by atoms with E-state index in [1.807, 2.05) is 0 Å². The van der Waals surface area contributed by atoms with Crippen LogP contribution in [0.15, 0.2) is 0 Å². The highest BCUT2D eigenvalue weighted by Gasteiger charge is 2.16. The molecule has 0 aliphatic rings. The van der Waals surface area contributed by atoms with E-state index in [2.05, 4.69) is 51.8 Å². The number of hydrogen-bond acceptors (Lipinski definition) is 2. The van der Waals surface area contributed by atoms with E-state index in [1.165, 1.54) is 13.1 Å². The molecule has 0 spiro atoms. The maximum atomic E-state index is 3.58. The van der Waals surface area contributed by atoms with Crippen molar-refractivity contribution < 1.29 is 0 Å². The molecule has 0 aromatic carbocycles. The minimum Gasteiger partial charge on any atom is -0.313 e. The molecule has 0 fully saturated rings. The van der Waals surface area contributed by atoms with Crippen molar-refractivity contribution in [2.24, 2.45) is 11.8 Å². The molecular formula is C13H30N2. The van der Waals surface area contributed by atoms with Crippen LogP contribution in [0.2, 0.25) is 0 Å². The summed E-state index contributed by atoms with van der Waals surface area (Å²) >= 11 is 0. The summed E-state index contributed by atoms with van der Waals surface area (Å²) < 4.78 is 0. The first-order valence-electron chi connectivity index (χ1n) is 6.46. The highest BCUT2D eigenvalue weighted by Crippen LogP contribution is 2.06. The van der Waals surface area contributed by atoms with Gasteiger partial charge in [-0.15, -0.1) is 0 Å². The first kappa shape index (κ1) is 14.9. The molecule has 0 rings (SSSR count). The van der Waals surface area contributed by atoms with E-state index in [-0.39, 0.29) is 0 Å². The number of nitrogens with one attached hydrogen (secondary N) is 1. The molecule has 0 heterocycles. The number of hydrogen-bond donors (Lipinski definition) is 1. The Hall–Kier alpha value is -0.0800. The van der Waals surface area contributed by atoms with E-state index in [1.54, 1.807) is 0 Å². The fraction of sp³-hybridized carbons (Fsp3) is 1.00. The van der Waals surface area contributed by atoms with Crippen LogP contribution in [0.1, 0.15) is 41.5 Å². The molecule has 0 aliphatic heterocycles. The van der Waals surface area contributed by atoms with Crippen LogP contribution in [0.25, 0.3) is 0 Å². The molecule has 0 saturated heterocycles. The fourth-order valence-corrected chi connectivity index (χ4v) is 1.90. The lowest BCUT2D eigenvalue weighted by molar-refractivity contribution is 0.208. The average molecular weight is 214 g/mol. The molecule has 1 N–H and O–H groups in total. The van der Waals surface area contributed by atoms with Gasteiger partial charge in [-0.05, 0) is 24.9 Å². The van der Waals surface area contributed by atoms with E-state index >= 15 is 0 Å². The Bertz CT molecular complexity index is 143. The predicted octanol–water partition coefficient (Wildman–Crippen LogP) is 2.60. The highest BCUT2D eigenvalue weighted by atomic mass is 15.1. The molecule has 2 heteroatoms. The Morgan fingerprint density at radius 2 is 1.60 bits per heavy atom. The van der Waals surface area contributed by atoms with Gasteiger partial charge < -0.3 is 10.2 Å². The molecule has 0 aromatic heterocycles. The molecule has 1 atom stereocenters. The first-order chi connectivity index (χ1) is 7.01. The van der Waals surface area contributed by atoms with Crippen molar-refractivity contribution in [3.63, 3.8) is 0 Å². The van der Waals surface area contributed by atoms with Gasteiger partial charge in [0.1, 0.15) is 0 Å². The SMILES string of the molecule is CCNC(CN(CC)CC(C)C)C(C)C. The van der Waals surface area contributed by atoms with Crippen molar-refractivity contribution in [2.75, 3.05) is 26.2 Å². The summed E-state index contributed by atoms with van der Waals surface area (Å²) in [6.07, 6.45) is 0. The molecule has 0 amide bonds. The second kappa shape index (κ2) is 8.12. The van der Waals surface area contributed by atoms with Crippen LogP contribution in [0.3, 0.4) is 0 Å². The molecule has 1 unspecified atom stereocenters. The molecule has 92 valence electrons. The van der Waals surface area contributed by atoms with Gasteiger partial charge in [0, 0.05) is 19.1 Å². The van der Waals surface area contributed by atoms with Gasteiger partial charge in [0.2, 0.25) is 0 Å². The third kappa shape index (κ3) is 6.91. The van der Waals surface area contributed by atoms with Gasteiger partial charge in [-0.25, -0.2) is 0 Å². The zero-order valence-corrected chi connectivity index (χ0v) is 11.5. The van der Waals surface area contributed by atoms with Gasteiger partial charge in [-0.2, -0.15) is 0 Å². The summed E-state index contributed by atoms with van der Waals surface area (Å²) in [5.41, 5.74) is 0. The highest BCUT2D eigenvalue weighted by molar-refractivity contribution is 4.74. The zero-order chi connectivity index (χ0) is 11.8. The third-order valence-electron chi connectivity index (χ3n) is 2.80. The Morgan fingerprint density at radius 3 is 1.93 bits per heavy atom. The van der Waals surface area contributed by atoms with Gasteiger partial charge in [0.15, 0.2) is 0 Å². The Kier molecular flexibility index (Phi) is 8.07. The van der Waals surface area contributed by atoms with Crippen molar-refractivity contribution in [3.05, 3.63) is 0 Å². The molecule has 2 nitrogen and oxygen atoms in total. The minimum atomic E-state index is 0.633. The fourth-order valence-electron chi connectivity index (χ4n) is 1.90. The Balaban J connectivity index is 4.09. The predicted molar refractivity (Wildman–Crippen MR) is 69.3 cm³/mol. The van der Waals surface area contributed by atoms with Crippen LogP contribution in [0.5, 0.6) is 0 Å². The summed E-state index contributed by atoms with van der Waals surface area (Å²) in [7, 11) is 0. The van der Waals surface area contributed by atoms with E-state index in [4.69, 9.17) is 0 Å². The van der Waals surface area contributed by atoms with Gasteiger partial charge in [-0.3, -0.25) is 0 Å². The second-order valence-electron chi connectivity index (χ2n) is 5.15. The van der Waals surface area contributed by atoms with Crippen LogP contribution >= 0.6 is 0 Å². The first-order valence-corrected chi connectivity index (χ1v) is 6.46. The standard InChI is InChI=1S/C13H30N2/c1-7-14-13(12(5)6)10-15(8-2)9-11(3)4/h11-14H,7-10H2,1-6H3. The third-order valence-corrected chi connectivity index (χ3v) is 2.80. The van der Waals surface area contributed by atoms with Crippen molar-refractivity contribution in [2.45, 2.75) is 47.6 Å². The number of nitrogens with zero attached hydrogens (tertiary/aromatic N) is 1. The normalized spacial score (nSPS) is 14.2. The van der Waals surface area contributed by atoms with E-state index in [0.717, 1.165) is 19.0 Å². The Labute approximate surface area is 96.4 Å². The maximum absolute atomic E-state index is 3.58. The summed E-state index contributed by atoms with van der Waals surface area (Å²) in [4.78, 5) is 2.55. The van der Waals surface area contributed by atoms with Gasteiger partial charge in [0.05, 0.1) is 0 Å². The zero-order valence-electron chi connectivity index (χ0n) is 11.5. The van der Waals surface area contributed by atoms with Crippen LogP contribution in [-0.4, -0.2) is 37.1 Å². The molecular weight excluding hydrogens is 184 g/mol. The maximum Gasteiger partial charge on any atom is 0.0217 e. The van der Waals surface area contributed by atoms with Gasteiger partial charge in [-0.1, -0.05) is 41.5 Å². The molecule has 0 aliphatic carbocycles. The van der Waals surface area contributed by atoms with Crippen molar-refractivity contribution >= 4 is 0 Å². The molecule has 0 radical (unpaired) electrons. The van der Waals surface area contributed by atoms with E-state index in [0.29, 0.717) is 12.0 Å². The number of likely N-dealkylation sites (N-methyl/N-ethyl adjacent to an activating group) is 2. The summed E-state index contributed by atoms with van der Waals surface area (Å²) in [5, 5.41) is 3.58. The second-order valence-corrected chi connectivity index (χ2v) is 5.15. The van der Waals surface area contributed by atoms with Crippen LogP contribution in [0.4, 0.5) is 0 Å². The average Bonchev–Trinajstić information content (AvgIpc) is 2.14. The quantitative estimate of drug-likeness (QED) is 0.668. The van der Waals surface area contributed by atoms with Crippen molar-refractivity contribution in [1.29, 1.82) is 0 Å². The van der Waals surface area contributed by atoms with Crippen molar-refractivity contribution in [1.82, 2.24) is 10.2 Å². The smallest absolute Gasteiger partial charge is 0.0217 e. The van der Waals surface area contributed by atoms with Gasteiger partial charge >= 0.3 is 0 Å². The topological polar surface area (TPSA) is 15.3 Å². The molecule has 0 bridgehead atoms. The summed E-state index contributed by atoms with van der Waals surface area (Å²) in [5.74, 6) is 1.48. The minimum absolute atomic E-state index is 0.633. The molecule has 15 heavy (non-hydrogen) atoms. The van der Waals surface area contributed by atoms with Crippen LogP contribution < -0.4 is 5.32 Å². The van der Waals surface area contributed by atoms with E-state index in [9.17, 15) is 0 Å². The van der Waals surface area contributed by atoms with Crippen LogP contribution in [0, 0.1) is 11.8 Å². The molecule has 0 aromatic rings. The van der Waals surface area contributed by atoms with Crippen LogP contribution in [-0.2, 0) is 0 Å². The summed E-state index contributed by atoms with van der Waals surface area (Å²) in [6.45, 7) is 18.3. The van der Waals surface area contributed by atoms with Crippen molar-refractivity contribution in [3.8, 4) is 0 Å². The van der Waals surface area contributed by atoms with Gasteiger partial charge in [0.25, 0.3) is 0 Å². The lowest BCUT2D eigenvalue weighted by Gasteiger charge is -2.30.